The molecule has 2 heterocycles. The van der Waals surface area contributed by atoms with E-state index in [-0.39, 0.29) is 18.1 Å². The van der Waals surface area contributed by atoms with E-state index in [0.717, 1.165) is 30.3 Å². The smallest absolute Gasteiger partial charge is 0.422 e. The number of benzene rings is 2. The summed E-state index contributed by atoms with van der Waals surface area (Å²) in [5, 5.41) is 1.46. The molecule has 3 aromatic rings. The number of carbonyl (C=O) groups excluding carboxylic acids is 1. The molecular formula is C28H31F6N3O2. The van der Waals surface area contributed by atoms with Crippen LogP contribution in [0.3, 0.4) is 0 Å². The summed E-state index contributed by atoms with van der Waals surface area (Å²) in [5.41, 5.74) is 6.29. The topological polar surface area (TPSA) is 68.4 Å². The van der Waals surface area contributed by atoms with Crippen LogP contribution in [-0.2, 0) is 17.6 Å². The number of hydrogen-bond donors (Lipinski definition) is 1. The van der Waals surface area contributed by atoms with Crippen molar-refractivity contribution in [2.45, 2.75) is 50.6 Å². The third-order valence-electron chi connectivity index (χ3n) is 6.27. The van der Waals surface area contributed by atoms with Crippen molar-refractivity contribution in [3.05, 3.63) is 71.7 Å². The highest BCUT2D eigenvalue weighted by atomic mass is 19.4. The monoisotopic (exact) mass is 555 g/mol. The van der Waals surface area contributed by atoms with Crippen LogP contribution in [0.15, 0.2) is 54.7 Å². The second-order valence-electron chi connectivity index (χ2n) is 9.46. The van der Waals surface area contributed by atoms with E-state index in [1.165, 1.54) is 44.1 Å². The van der Waals surface area contributed by atoms with E-state index >= 15 is 0 Å². The number of alkyl halides is 5. The van der Waals surface area contributed by atoms with Gasteiger partial charge in [-0.2, -0.15) is 22.0 Å². The molecular weight excluding hydrogens is 524 g/mol. The number of likely N-dealkylation sites (tertiary alicyclic amines) is 1. The van der Waals surface area contributed by atoms with Gasteiger partial charge >= 0.3 is 12.1 Å². The molecule has 11 heteroatoms. The number of hydrogen-bond acceptors (Lipinski definition) is 4. The van der Waals surface area contributed by atoms with Gasteiger partial charge in [0, 0.05) is 18.7 Å². The first-order valence-corrected chi connectivity index (χ1v) is 12.6. The van der Waals surface area contributed by atoms with Gasteiger partial charge in [0.05, 0.1) is 0 Å². The average molecular weight is 556 g/mol. The molecule has 1 amide bonds. The number of aryl methyl sites for hydroxylation is 2. The second kappa shape index (κ2) is 13.6. The van der Waals surface area contributed by atoms with E-state index in [1.807, 2.05) is 0 Å². The van der Waals surface area contributed by atoms with Crippen LogP contribution in [0.5, 0.6) is 5.88 Å². The molecule has 0 unspecified atom stereocenters. The van der Waals surface area contributed by atoms with Gasteiger partial charge in [0.1, 0.15) is 5.82 Å². The fourth-order valence-electron chi connectivity index (χ4n) is 4.16. The molecule has 1 aliphatic rings. The van der Waals surface area contributed by atoms with Gasteiger partial charge in [-0.1, -0.05) is 30.3 Å². The molecule has 0 spiro atoms. The Labute approximate surface area is 223 Å². The number of nitrogens with two attached hydrogens (primary N) is 1. The zero-order valence-corrected chi connectivity index (χ0v) is 21.3. The first kappa shape index (κ1) is 30.2. The van der Waals surface area contributed by atoms with Crippen LogP contribution < -0.4 is 10.5 Å². The van der Waals surface area contributed by atoms with Crippen molar-refractivity contribution >= 4 is 16.7 Å². The number of nitrogens with zero attached hydrogens (tertiary/aromatic N) is 2. The first-order valence-electron chi connectivity index (χ1n) is 12.6. The van der Waals surface area contributed by atoms with Gasteiger partial charge in [0.15, 0.2) is 6.61 Å². The van der Waals surface area contributed by atoms with E-state index in [4.69, 9.17) is 0 Å². The quantitative estimate of drug-likeness (QED) is 0.308. The lowest BCUT2D eigenvalue weighted by atomic mass is 10.0. The van der Waals surface area contributed by atoms with Gasteiger partial charge in [-0.05, 0) is 85.8 Å². The van der Waals surface area contributed by atoms with Gasteiger partial charge < -0.3 is 15.4 Å². The Balaban J connectivity index is 0.000000216. The third-order valence-corrected chi connectivity index (χ3v) is 6.27. The summed E-state index contributed by atoms with van der Waals surface area (Å²) in [7, 11) is 0. The molecule has 1 aliphatic heterocycles. The molecule has 2 N–H and O–H groups in total. The van der Waals surface area contributed by atoms with Crippen LogP contribution in [0.2, 0.25) is 0 Å². The molecule has 0 saturated carbocycles. The van der Waals surface area contributed by atoms with Crippen LogP contribution in [0.1, 0.15) is 36.8 Å². The number of fused-ring (bicyclic) bond motifs is 1. The molecule has 4 rings (SSSR count). The SMILES string of the molecule is FC(F)(F)COc1ccc(CCCN2CCCC2)cn1.NC(=O)C(F)(F)CCc1ccc2cc(F)ccc2c1. The Bertz CT molecular complexity index is 1210. The van der Waals surface area contributed by atoms with Crippen LogP contribution >= 0.6 is 0 Å². The summed E-state index contributed by atoms with van der Waals surface area (Å²) in [6.07, 6.45) is 1.18. The Morgan fingerprint density at radius 1 is 0.923 bits per heavy atom. The molecule has 0 radical (unpaired) electrons. The fraction of sp³-hybridized carbons (Fsp3) is 0.429. The third kappa shape index (κ3) is 10.4. The number of rotatable bonds is 10. The van der Waals surface area contributed by atoms with Crippen molar-refractivity contribution in [1.29, 1.82) is 0 Å². The minimum Gasteiger partial charge on any atom is -0.468 e. The Hall–Kier alpha value is -3.34. The van der Waals surface area contributed by atoms with E-state index in [1.54, 1.807) is 36.5 Å². The van der Waals surface area contributed by atoms with Crippen molar-refractivity contribution in [2.75, 3.05) is 26.2 Å². The predicted octanol–water partition coefficient (Wildman–Crippen LogP) is 6.08. The normalized spacial score (nSPS) is 14.2. The number of amides is 1. The Morgan fingerprint density at radius 3 is 2.23 bits per heavy atom. The maximum atomic E-state index is 13.1. The van der Waals surface area contributed by atoms with E-state index in [2.05, 4.69) is 20.4 Å². The molecule has 5 nitrogen and oxygen atoms in total. The van der Waals surface area contributed by atoms with Gasteiger partial charge in [-0.25, -0.2) is 9.37 Å². The molecule has 2 aromatic carbocycles. The largest absolute Gasteiger partial charge is 0.468 e. The predicted molar refractivity (Wildman–Crippen MR) is 136 cm³/mol. The number of pyridine rings is 1. The van der Waals surface area contributed by atoms with Crippen molar-refractivity contribution < 1.29 is 35.9 Å². The minimum atomic E-state index is -4.32. The molecule has 39 heavy (non-hydrogen) atoms. The summed E-state index contributed by atoms with van der Waals surface area (Å²) in [4.78, 5) is 16.9. The van der Waals surface area contributed by atoms with Crippen LogP contribution in [0.25, 0.3) is 10.8 Å². The Kier molecular flexibility index (Phi) is 10.6. The zero-order valence-electron chi connectivity index (χ0n) is 21.3. The summed E-state index contributed by atoms with van der Waals surface area (Å²) < 4.78 is 79.6. The highest BCUT2D eigenvalue weighted by Gasteiger charge is 2.35. The standard InChI is InChI=1S/C14H19F3N2O.C14H12F3NO/c15-14(16,17)11-20-13-6-5-12(10-18-13)4-3-9-19-7-1-2-8-19;15-12-4-3-10-7-9(1-2-11(10)8-12)5-6-14(16,17)13(18)19/h5-6,10H,1-4,7-9,11H2;1-4,7-8H,5-6H2,(H2,18,19). The number of ether oxygens (including phenoxy) is 1. The number of primary amides is 1. The van der Waals surface area contributed by atoms with E-state index < -0.39 is 31.0 Å². The minimum absolute atomic E-state index is 0.0191. The van der Waals surface area contributed by atoms with Crippen LogP contribution in [0, 0.1) is 5.82 Å². The number of halogens is 6. The lowest BCUT2D eigenvalue weighted by Crippen LogP contribution is -2.35. The van der Waals surface area contributed by atoms with Crippen molar-refractivity contribution in [3.8, 4) is 5.88 Å². The number of aromatic nitrogens is 1. The molecule has 0 atom stereocenters. The van der Waals surface area contributed by atoms with Gasteiger partial charge in [-0.3, -0.25) is 4.79 Å². The van der Waals surface area contributed by atoms with Gasteiger partial charge in [0.25, 0.3) is 5.91 Å². The molecule has 0 aliphatic carbocycles. The van der Waals surface area contributed by atoms with E-state index in [0.29, 0.717) is 10.9 Å². The summed E-state index contributed by atoms with van der Waals surface area (Å²) in [5.74, 6) is -5.45. The maximum absolute atomic E-state index is 13.1. The van der Waals surface area contributed by atoms with Crippen molar-refractivity contribution in [1.82, 2.24) is 9.88 Å². The average Bonchev–Trinajstić information content (AvgIpc) is 3.40. The Morgan fingerprint density at radius 2 is 1.59 bits per heavy atom. The van der Waals surface area contributed by atoms with Crippen LogP contribution in [0.4, 0.5) is 26.3 Å². The van der Waals surface area contributed by atoms with Crippen LogP contribution in [-0.4, -0.2) is 54.1 Å². The zero-order chi connectivity index (χ0) is 28.5. The van der Waals surface area contributed by atoms with Gasteiger partial charge in [0.2, 0.25) is 5.88 Å². The first-order chi connectivity index (χ1) is 18.4. The molecule has 1 aromatic heterocycles. The highest BCUT2D eigenvalue weighted by molar-refractivity contribution is 5.83. The molecule has 212 valence electrons. The highest BCUT2D eigenvalue weighted by Crippen LogP contribution is 2.23. The number of carbonyl (C=O) groups is 1. The fourth-order valence-corrected chi connectivity index (χ4v) is 4.16. The van der Waals surface area contributed by atoms with Crippen molar-refractivity contribution in [2.24, 2.45) is 5.73 Å². The maximum Gasteiger partial charge on any atom is 0.422 e. The van der Waals surface area contributed by atoms with Crippen molar-refractivity contribution in [3.63, 3.8) is 0 Å². The lowest BCUT2D eigenvalue weighted by Gasteiger charge is -2.14. The molecule has 0 bridgehead atoms. The summed E-state index contributed by atoms with van der Waals surface area (Å²) in [6, 6.07) is 12.5. The molecule has 1 fully saturated rings. The second-order valence-corrected chi connectivity index (χ2v) is 9.46. The lowest BCUT2D eigenvalue weighted by molar-refractivity contribution is -0.154. The summed E-state index contributed by atoms with van der Waals surface area (Å²) in [6.45, 7) is 2.14. The molecule has 1 saturated heterocycles. The van der Waals surface area contributed by atoms with Gasteiger partial charge in [-0.15, -0.1) is 0 Å². The summed E-state index contributed by atoms with van der Waals surface area (Å²) >= 11 is 0. The van der Waals surface area contributed by atoms with E-state index in [9.17, 15) is 31.1 Å².